The number of hydrogen-bond donors (Lipinski definition) is 1. The molecule has 78 valence electrons. The minimum absolute atomic E-state index is 0.376. The lowest BCUT2D eigenvalue weighted by Gasteiger charge is -2.36. The minimum Gasteiger partial charge on any atom is -0.343 e. The number of rotatable bonds is 2. The molecule has 5 heteroatoms. The molecule has 1 aliphatic rings. The van der Waals surface area contributed by atoms with Crippen molar-refractivity contribution in [2.45, 2.75) is 25.3 Å². The van der Waals surface area contributed by atoms with E-state index in [0.29, 0.717) is 5.82 Å². The summed E-state index contributed by atoms with van der Waals surface area (Å²) in [5.74, 6) is 0.647. The quantitative estimate of drug-likeness (QED) is 0.738. The summed E-state index contributed by atoms with van der Waals surface area (Å²) in [6, 6.07) is 0. The van der Waals surface area contributed by atoms with E-state index in [0.717, 1.165) is 32.5 Å². The van der Waals surface area contributed by atoms with Crippen molar-refractivity contribution < 1.29 is 4.52 Å². The molecule has 0 unspecified atom stereocenters. The van der Waals surface area contributed by atoms with Crippen molar-refractivity contribution in [2.24, 2.45) is 5.73 Å². The second-order valence-corrected chi connectivity index (χ2v) is 3.85. The predicted octanol–water partition coefficient (Wildman–Crippen LogP) is 0.339. The molecule has 5 nitrogen and oxygen atoms in total. The third kappa shape index (κ3) is 1.65. The average Bonchev–Trinajstić information content (AvgIpc) is 2.72. The van der Waals surface area contributed by atoms with Gasteiger partial charge in [0.25, 0.3) is 0 Å². The maximum absolute atomic E-state index is 6.23. The molecule has 0 saturated carbocycles. The molecule has 1 aliphatic heterocycles. The van der Waals surface area contributed by atoms with Gasteiger partial charge in [0.2, 0.25) is 6.39 Å². The number of likely N-dealkylation sites (tertiary alicyclic amines) is 1. The summed E-state index contributed by atoms with van der Waals surface area (Å²) in [5, 5.41) is 3.83. The van der Waals surface area contributed by atoms with Crippen LogP contribution >= 0.6 is 0 Å². The smallest absolute Gasteiger partial charge is 0.213 e. The van der Waals surface area contributed by atoms with Crippen molar-refractivity contribution in [3.63, 3.8) is 0 Å². The summed E-state index contributed by atoms with van der Waals surface area (Å²) < 4.78 is 4.73. The molecular weight excluding hydrogens is 180 g/mol. The lowest BCUT2D eigenvalue weighted by atomic mass is 9.88. The molecule has 1 saturated heterocycles. The molecule has 1 aromatic rings. The van der Waals surface area contributed by atoms with Crippen LogP contribution in [-0.4, -0.2) is 34.7 Å². The average molecular weight is 196 g/mol. The predicted molar refractivity (Wildman–Crippen MR) is 51.5 cm³/mol. The van der Waals surface area contributed by atoms with E-state index in [4.69, 9.17) is 10.3 Å². The van der Waals surface area contributed by atoms with Gasteiger partial charge in [-0.25, -0.2) is 0 Å². The lowest BCUT2D eigenvalue weighted by molar-refractivity contribution is 0.160. The van der Waals surface area contributed by atoms with Crippen LogP contribution in [-0.2, 0) is 5.54 Å². The molecule has 2 N–H and O–H groups in total. The Hall–Kier alpha value is -0.940. The highest BCUT2D eigenvalue weighted by atomic mass is 16.5. The van der Waals surface area contributed by atoms with Gasteiger partial charge in [-0.1, -0.05) is 12.1 Å². The molecule has 0 radical (unpaired) electrons. The molecule has 2 rings (SSSR count). The first-order valence-electron chi connectivity index (χ1n) is 5.03. The third-order valence-corrected chi connectivity index (χ3v) is 3.00. The molecular formula is C9H16N4O. The van der Waals surface area contributed by atoms with Crippen molar-refractivity contribution in [3.8, 4) is 0 Å². The molecule has 1 fully saturated rings. The number of nitrogens with two attached hydrogens (primary N) is 1. The van der Waals surface area contributed by atoms with Crippen molar-refractivity contribution in [3.05, 3.63) is 12.2 Å². The summed E-state index contributed by atoms with van der Waals surface area (Å²) in [7, 11) is 0. The summed E-state index contributed by atoms with van der Waals surface area (Å²) in [6.45, 7) is 5.28. The fraction of sp³-hybridized carbons (Fsp3) is 0.778. The monoisotopic (exact) mass is 196 g/mol. The van der Waals surface area contributed by atoms with Gasteiger partial charge in [0.1, 0.15) is 0 Å². The fourth-order valence-corrected chi connectivity index (χ4v) is 1.88. The number of piperidine rings is 1. The molecule has 0 aromatic carbocycles. The molecule has 1 aromatic heterocycles. The summed E-state index contributed by atoms with van der Waals surface area (Å²) in [6.07, 6.45) is 3.15. The zero-order valence-corrected chi connectivity index (χ0v) is 8.44. The Balaban J connectivity index is 2.06. The first-order valence-corrected chi connectivity index (χ1v) is 5.03. The van der Waals surface area contributed by atoms with Gasteiger partial charge in [0.15, 0.2) is 5.82 Å². The maximum atomic E-state index is 6.23. The number of hydrogen-bond acceptors (Lipinski definition) is 5. The van der Waals surface area contributed by atoms with Crippen LogP contribution in [0.1, 0.15) is 25.6 Å². The Morgan fingerprint density at radius 2 is 2.29 bits per heavy atom. The molecule has 0 amide bonds. The van der Waals surface area contributed by atoms with Gasteiger partial charge in [0, 0.05) is 13.1 Å². The van der Waals surface area contributed by atoms with Crippen LogP contribution in [0.3, 0.4) is 0 Å². The minimum atomic E-state index is -0.376. The van der Waals surface area contributed by atoms with Crippen molar-refractivity contribution >= 4 is 0 Å². The fourth-order valence-electron chi connectivity index (χ4n) is 1.88. The van der Waals surface area contributed by atoms with E-state index in [9.17, 15) is 0 Å². The Morgan fingerprint density at radius 1 is 1.57 bits per heavy atom. The molecule has 2 heterocycles. The largest absolute Gasteiger partial charge is 0.343 e. The standard InChI is InChI=1S/C9H16N4O/c1-2-13-5-3-9(10,4-6-13)8-11-7-14-12-8/h7H,2-6,10H2,1H3. The van der Waals surface area contributed by atoms with Crippen molar-refractivity contribution in [1.82, 2.24) is 15.0 Å². The molecule has 14 heavy (non-hydrogen) atoms. The third-order valence-electron chi connectivity index (χ3n) is 3.00. The van der Waals surface area contributed by atoms with Gasteiger partial charge in [-0.05, 0) is 19.4 Å². The van der Waals surface area contributed by atoms with E-state index in [-0.39, 0.29) is 5.54 Å². The van der Waals surface area contributed by atoms with Gasteiger partial charge < -0.3 is 15.2 Å². The van der Waals surface area contributed by atoms with Crippen LogP contribution in [0.4, 0.5) is 0 Å². The van der Waals surface area contributed by atoms with E-state index in [1.807, 2.05) is 0 Å². The van der Waals surface area contributed by atoms with E-state index in [2.05, 4.69) is 22.0 Å². The SMILES string of the molecule is CCN1CCC(N)(c2ncon2)CC1. The van der Waals surface area contributed by atoms with E-state index < -0.39 is 0 Å². The Kier molecular flexibility index (Phi) is 2.52. The summed E-state index contributed by atoms with van der Waals surface area (Å²) in [5.41, 5.74) is 5.85. The van der Waals surface area contributed by atoms with Crippen LogP contribution in [0, 0.1) is 0 Å². The second kappa shape index (κ2) is 3.67. The van der Waals surface area contributed by atoms with Crippen LogP contribution in [0.15, 0.2) is 10.9 Å². The van der Waals surface area contributed by atoms with Gasteiger partial charge >= 0.3 is 0 Å². The van der Waals surface area contributed by atoms with Gasteiger partial charge in [-0.2, -0.15) is 4.98 Å². The lowest BCUT2D eigenvalue weighted by Crippen LogP contribution is -2.48. The van der Waals surface area contributed by atoms with Gasteiger partial charge in [-0.3, -0.25) is 0 Å². The van der Waals surface area contributed by atoms with E-state index in [1.165, 1.54) is 6.39 Å². The van der Waals surface area contributed by atoms with Crippen LogP contribution in [0.25, 0.3) is 0 Å². The normalized spacial score (nSPS) is 22.4. The first kappa shape index (κ1) is 9.61. The highest BCUT2D eigenvalue weighted by molar-refractivity contribution is 5.04. The molecule has 0 bridgehead atoms. The Morgan fingerprint density at radius 3 is 2.79 bits per heavy atom. The van der Waals surface area contributed by atoms with E-state index >= 15 is 0 Å². The van der Waals surface area contributed by atoms with E-state index in [1.54, 1.807) is 0 Å². The van der Waals surface area contributed by atoms with Crippen molar-refractivity contribution in [2.75, 3.05) is 19.6 Å². The topological polar surface area (TPSA) is 68.2 Å². The van der Waals surface area contributed by atoms with Gasteiger partial charge in [0.05, 0.1) is 5.54 Å². The zero-order chi connectivity index (χ0) is 10.0. The summed E-state index contributed by atoms with van der Waals surface area (Å²) in [4.78, 5) is 6.42. The number of nitrogens with zero attached hydrogens (tertiary/aromatic N) is 3. The van der Waals surface area contributed by atoms with Crippen LogP contribution in [0.2, 0.25) is 0 Å². The van der Waals surface area contributed by atoms with Gasteiger partial charge in [-0.15, -0.1) is 0 Å². The Bertz CT molecular complexity index is 277. The van der Waals surface area contributed by atoms with Crippen LogP contribution in [0.5, 0.6) is 0 Å². The maximum Gasteiger partial charge on any atom is 0.213 e. The highest BCUT2D eigenvalue weighted by Crippen LogP contribution is 2.27. The highest BCUT2D eigenvalue weighted by Gasteiger charge is 2.35. The zero-order valence-electron chi connectivity index (χ0n) is 8.44. The summed E-state index contributed by atoms with van der Waals surface area (Å²) >= 11 is 0. The molecule has 0 spiro atoms. The molecule has 0 aliphatic carbocycles. The van der Waals surface area contributed by atoms with Crippen LogP contribution < -0.4 is 5.73 Å². The van der Waals surface area contributed by atoms with Crippen molar-refractivity contribution in [1.29, 1.82) is 0 Å². The number of aromatic nitrogens is 2. The first-order chi connectivity index (χ1) is 6.74. The molecule has 0 atom stereocenters. The second-order valence-electron chi connectivity index (χ2n) is 3.85. The Labute approximate surface area is 83.3 Å².